The highest BCUT2D eigenvalue weighted by molar-refractivity contribution is 5.79. The quantitative estimate of drug-likeness (QED) is 0.423. The molecular formula is C18H34N2O6. The molecule has 0 aromatic rings. The van der Waals surface area contributed by atoms with Crippen molar-refractivity contribution < 1.29 is 30.0 Å². The molecule has 152 valence electrons. The molecule has 1 amide bonds. The molecule has 2 fully saturated rings. The zero-order valence-electron chi connectivity index (χ0n) is 15.4. The van der Waals surface area contributed by atoms with Gasteiger partial charge in [-0.2, -0.15) is 0 Å². The lowest BCUT2D eigenvalue weighted by atomic mass is 9.96. The Hall–Kier alpha value is -0.770. The van der Waals surface area contributed by atoms with Crippen LogP contribution in [0.3, 0.4) is 0 Å². The second-order valence-electron chi connectivity index (χ2n) is 7.39. The lowest BCUT2D eigenvalue weighted by Crippen LogP contribution is -2.53. The molecule has 0 radical (unpaired) electrons. The first-order chi connectivity index (χ1) is 12.5. The molecular weight excluding hydrogens is 340 g/mol. The van der Waals surface area contributed by atoms with Crippen molar-refractivity contribution in [3.05, 3.63) is 0 Å². The summed E-state index contributed by atoms with van der Waals surface area (Å²) in [5, 5.41) is 43.2. The molecule has 2 rings (SSSR count). The SMILES string of the molecule is O=C([C@H]1CCCNC1)N1CCCCCCO[C@H]([C@H](O)CO)[C@H](O)[C@H](O)C1. The van der Waals surface area contributed by atoms with E-state index in [1.54, 1.807) is 4.90 Å². The van der Waals surface area contributed by atoms with Gasteiger partial charge in [0.1, 0.15) is 24.4 Å². The second-order valence-corrected chi connectivity index (χ2v) is 7.39. The van der Waals surface area contributed by atoms with E-state index in [0.717, 1.165) is 45.1 Å². The number of amides is 1. The Morgan fingerprint density at radius 3 is 2.65 bits per heavy atom. The molecule has 2 aliphatic rings. The zero-order chi connectivity index (χ0) is 18.9. The summed E-state index contributed by atoms with van der Waals surface area (Å²) in [6, 6.07) is 0. The van der Waals surface area contributed by atoms with Crippen LogP contribution >= 0.6 is 0 Å². The first-order valence-corrected chi connectivity index (χ1v) is 9.80. The van der Waals surface area contributed by atoms with E-state index in [9.17, 15) is 25.2 Å². The molecule has 0 spiro atoms. The molecule has 0 saturated carbocycles. The van der Waals surface area contributed by atoms with Crippen molar-refractivity contribution >= 4 is 5.91 Å². The van der Waals surface area contributed by atoms with E-state index in [0.29, 0.717) is 19.7 Å². The van der Waals surface area contributed by atoms with E-state index < -0.39 is 31.0 Å². The summed E-state index contributed by atoms with van der Waals surface area (Å²) in [4.78, 5) is 14.5. The minimum Gasteiger partial charge on any atom is -0.394 e. The van der Waals surface area contributed by atoms with Crippen molar-refractivity contribution in [3.63, 3.8) is 0 Å². The van der Waals surface area contributed by atoms with E-state index in [1.165, 1.54) is 0 Å². The number of nitrogens with one attached hydrogen (secondary N) is 1. The van der Waals surface area contributed by atoms with Crippen LogP contribution < -0.4 is 5.32 Å². The maximum Gasteiger partial charge on any atom is 0.227 e. The van der Waals surface area contributed by atoms with Crippen LogP contribution in [0.1, 0.15) is 38.5 Å². The minimum atomic E-state index is -1.38. The molecule has 2 aliphatic heterocycles. The normalized spacial score (nSPS) is 33.8. The highest BCUT2D eigenvalue weighted by Crippen LogP contribution is 2.18. The molecule has 26 heavy (non-hydrogen) atoms. The number of carbonyl (C=O) groups excluding carboxylic acids is 1. The number of rotatable bonds is 3. The standard InChI is InChI=1S/C18H34N2O6/c21-12-15(23)17-16(24)14(22)11-20(8-3-1-2-4-9-26-17)18(25)13-6-5-7-19-10-13/h13-17,19,21-24H,1-12H2/t13-,14+,15+,16+,17+/m0/s1. The summed E-state index contributed by atoms with van der Waals surface area (Å²) >= 11 is 0. The third kappa shape index (κ3) is 6.14. The maximum absolute atomic E-state index is 12.9. The van der Waals surface area contributed by atoms with Crippen molar-refractivity contribution in [1.29, 1.82) is 0 Å². The smallest absolute Gasteiger partial charge is 0.227 e. The van der Waals surface area contributed by atoms with Crippen LogP contribution in [0.2, 0.25) is 0 Å². The van der Waals surface area contributed by atoms with Gasteiger partial charge in [-0.1, -0.05) is 12.8 Å². The Labute approximate surface area is 155 Å². The van der Waals surface area contributed by atoms with Gasteiger partial charge in [0.2, 0.25) is 5.91 Å². The minimum absolute atomic E-state index is 0.000634. The topological polar surface area (TPSA) is 122 Å². The first kappa shape index (κ1) is 21.5. The summed E-state index contributed by atoms with van der Waals surface area (Å²) in [7, 11) is 0. The maximum atomic E-state index is 12.9. The molecule has 5 atom stereocenters. The number of hydrogen-bond acceptors (Lipinski definition) is 7. The molecule has 2 heterocycles. The average Bonchev–Trinajstić information content (AvgIpc) is 2.67. The number of β-amino-alcohol motifs (C(OH)–C–C–N with tert-alkyl or cyclic N) is 1. The number of carbonyl (C=O) groups is 1. The van der Waals surface area contributed by atoms with Crippen molar-refractivity contribution in [2.75, 3.05) is 39.4 Å². The van der Waals surface area contributed by atoms with E-state index in [1.807, 2.05) is 0 Å². The van der Waals surface area contributed by atoms with Gasteiger partial charge in [0.05, 0.1) is 12.5 Å². The third-order valence-corrected chi connectivity index (χ3v) is 5.30. The number of ether oxygens (including phenoxy) is 1. The summed E-state index contributed by atoms with van der Waals surface area (Å²) < 4.78 is 5.53. The van der Waals surface area contributed by atoms with Crippen LogP contribution in [-0.4, -0.2) is 95.0 Å². The number of hydrogen-bond donors (Lipinski definition) is 5. The Morgan fingerprint density at radius 2 is 1.96 bits per heavy atom. The lowest BCUT2D eigenvalue weighted by molar-refractivity contribution is -0.154. The fourth-order valence-electron chi connectivity index (χ4n) is 3.68. The first-order valence-electron chi connectivity index (χ1n) is 9.80. The van der Waals surface area contributed by atoms with Gasteiger partial charge in [0.25, 0.3) is 0 Å². The van der Waals surface area contributed by atoms with Crippen LogP contribution in [0.4, 0.5) is 0 Å². The van der Waals surface area contributed by atoms with Crippen LogP contribution in [0, 0.1) is 5.92 Å². The summed E-state index contributed by atoms with van der Waals surface area (Å²) in [6.45, 7) is 1.89. The molecule has 0 bridgehead atoms. The average molecular weight is 374 g/mol. The van der Waals surface area contributed by atoms with Gasteiger partial charge < -0.3 is 35.4 Å². The molecule has 2 saturated heterocycles. The highest BCUT2D eigenvalue weighted by atomic mass is 16.5. The largest absolute Gasteiger partial charge is 0.394 e. The predicted molar refractivity (Wildman–Crippen MR) is 95.5 cm³/mol. The van der Waals surface area contributed by atoms with Crippen LogP contribution in [0.15, 0.2) is 0 Å². The molecule has 8 nitrogen and oxygen atoms in total. The lowest BCUT2D eigenvalue weighted by Gasteiger charge is -2.35. The Morgan fingerprint density at radius 1 is 1.19 bits per heavy atom. The van der Waals surface area contributed by atoms with Crippen molar-refractivity contribution in [2.45, 2.75) is 62.9 Å². The molecule has 0 aliphatic carbocycles. The Balaban J connectivity index is 2.07. The number of nitrogens with zero attached hydrogens (tertiary/aromatic N) is 1. The molecule has 0 aromatic heterocycles. The van der Waals surface area contributed by atoms with E-state index in [-0.39, 0.29) is 18.4 Å². The fraction of sp³-hybridized carbons (Fsp3) is 0.944. The van der Waals surface area contributed by atoms with Gasteiger partial charge >= 0.3 is 0 Å². The van der Waals surface area contributed by atoms with Gasteiger partial charge in [-0.25, -0.2) is 0 Å². The summed E-state index contributed by atoms with van der Waals surface area (Å²) in [6.07, 6.45) is 0.268. The monoisotopic (exact) mass is 374 g/mol. The molecule has 0 aromatic carbocycles. The van der Waals surface area contributed by atoms with Crippen LogP contribution in [-0.2, 0) is 9.53 Å². The molecule has 8 heteroatoms. The van der Waals surface area contributed by atoms with Gasteiger partial charge in [0.15, 0.2) is 0 Å². The highest BCUT2D eigenvalue weighted by Gasteiger charge is 2.35. The molecule has 5 N–H and O–H groups in total. The predicted octanol–water partition coefficient (Wildman–Crippen LogP) is -1.15. The number of piperidine rings is 1. The molecule has 0 unspecified atom stereocenters. The van der Waals surface area contributed by atoms with Crippen molar-refractivity contribution in [1.82, 2.24) is 10.2 Å². The second kappa shape index (κ2) is 11.2. The van der Waals surface area contributed by atoms with Crippen LogP contribution in [0.5, 0.6) is 0 Å². The number of aliphatic hydroxyl groups is 4. The van der Waals surface area contributed by atoms with Crippen LogP contribution in [0.25, 0.3) is 0 Å². The number of aliphatic hydroxyl groups excluding tert-OH is 4. The van der Waals surface area contributed by atoms with Crippen molar-refractivity contribution in [2.24, 2.45) is 5.92 Å². The van der Waals surface area contributed by atoms with Gasteiger partial charge in [0, 0.05) is 26.2 Å². The third-order valence-electron chi connectivity index (χ3n) is 5.30. The van der Waals surface area contributed by atoms with Gasteiger partial charge in [-0.05, 0) is 32.2 Å². The summed E-state index contributed by atoms with van der Waals surface area (Å²) in [5.74, 6) is -0.100. The van der Waals surface area contributed by atoms with E-state index >= 15 is 0 Å². The van der Waals surface area contributed by atoms with Crippen molar-refractivity contribution in [3.8, 4) is 0 Å². The Bertz CT molecular complexity index is 418. The van der Waals surface area contributed by atoms with E-state index in [4.69, 9.17) is 4.74 Å². The fourth-order valence-corrected chi connectivity index (χ4v) is 3.68. The Kier molecular flexibility index (Phi) is 9.24. The zero-order valence-corrected chi connectivity index (χ0v) is 15.4. The van der Waals surface area contributed by atoms with Gasteiger partial charge in [-0.3, -0.25) is 4.79 Å². The van der Waals surface area contributed by atoms with E-state index in [2.05, 4.69) is 5.32 Å². The van der Waals surface area contributed by atoms with Gasteiger partial charge in [-0.15, -0.1) is 0 Å². The summed E-state index contributed by atoms with van der Waals surface area (Å²) in [5.41, 5.74) is 0.